The van der Waals surface area contributed by atoms with Crippen LogP contribution in [0, 0.1) is 5.82 Å². The molecule has 0 saturated heterocycles. The zero-order chi connectivity index (χ0) is 14.8. The van der Waals surface area contributed by atoms with Gasteiger partial charge in [-0.25, -0.2) is 4.39 Å². The van der Waals surface area contributed by atoms with Crippen LogP contribution in [0.3, 0.4) is 0 Å². The Labute approximate surface area is 124 Å². The minimum atomic E-state index is -0.338. The van der Waals surface area contributed by atoms with Gasteiger partial charge in [0.25, 0.3) is 0 Å². The van der Waals surface area contributed by atoms with E-state index in [0.29, 0.717) is 17.7 Å². The zero-order valence-corrected chi connectivity index (χ0v) is 12.2. The van der Waals surface area contributed by atoms with Crippen LogP contribution >= 0.6 is 0 Å². The molecular weight excluding hydrogens is 265 g/mol. The predicted molar refractivity (Wildman–Crippen MR) is 82.1 cm³/mol. The number of rotatable bonds is 4. The molecule has 1 unspecified atom stereocenters. The fraction of sp³-hybridized carbons (Fsp3) is 0.333. The van der Waals surface area contributed by atoms with E-state index >= 15 is 0 Å². The Balaban J connectivity index is 1.78. The quantitative estimate of drug-likeness (QED) is 0.932. The molecule has 1 aliphatic rings. The summed E-state index contributed by atoms with van der Waals surface area (Å²) in [6.07, 6.45) is 4.21. The van der Waals surface area contributed by atoms with E-state index in [1.54, 1.807) is 12.1 Å². The van der Waals surface area contributed by atoms with Crippen LogP contribution in [0.2, 0.25) is 0 Å². The molecule has 0 amide bonds. The number of hydrogen-bond acceptors (Lipinski definition) is 2. The van der Waals surface area contributed by atoms with Crippen LogP contribution in [0.25, 0.3) is 0 Å². The topological polar surface area (TPSA) is 35.2 Å². The molecule has 2 aromatic rings. The van der Waals surface area contributed by atoms with Gasteiger partial charge in [0, 0.05) is 17.7 Å². The van der Waals surface area contributed by atoms with Gasteiger partial charge in [-0.1, -0.05) is 24.3 Å². The standard InChI is InChI=1S/C18H20FNO/c1-21-15-7-8-16(17(19)11-15)18(20)10-12-5-6-13-3-2-4-14(13)9-12/h5-9,11,18H,2-4,10,20H2,1H3. The van der Waals surface area contributed by atoms with Crippen molar-refractivity contribution in [3.05, 3.63) is 64.5 Å². The number of aryl methyl sites for hydroxylation is 2. The van der Waals surface area contributed by atoms with Gasteiger partial charge in [-0.2, -0.15) is 0 Å². The largest absolute Gasteiger partial charge is 0.497 e. The van der Waals surface area contributed by atoms with Crippen LogP contribution in [-0.4, -0.2) is 7.11 Å². The van der Waals surface area contributed by atoms with Crippen molar-refractivity contribution in [3.63, 3.8) is 0 Å². The first-order valence-electron chi connectivity index (χ1n) is 7.37. The molecule has 1 aliphatic carbocycles. The van der Waals surface area contributed by atoms with E-state index in [0.717, 1.165) is 6.42 Å². The Hall–Kier alpha value is -1.87. The van der Waals surface area contributed by atoms with Gasteiger partial charge in [-0.3, -0.25) is 0 Å². The van der Waals surface area contributed by atoms with Crippen molar-refractivity contribution in [1.29, 1.82) is 0 Å². The van der Waals surface area contributed by atoms with Gasteiger partial charge in [-0.15, -0.1) is 0 Å². The highest BCUT2D eigenvalue weighted by molar-refractivity contribution is 5.37. The second kappa shape index (κ2) is 5.86. The zero-order valence-electron chi connectivity index (χ0n) is 12.2. The second-order valence-electron chi connectivity index (χ2n) is 5.65. The van der Waals surface area contributed by atoms with Crippen molar-refractivity contribution < 1.29 is 9.13 Å². The third kappa shape index (κ3) is 2.93. The molecule has 1 atom stereocenters. The van der Waals surface area contributed by atoms with E-state index in [9.17, 15) is 4.39 Å². The van der Waals surface area contributed by atoms with Crippen LogP contribution < -0.4 is 10.5 Å². The van der Waals surface area contributed by atoms with Crippen LogP contribution in [-0.2, 0) is 19.3 Å². The molecule has 0 fully saturated rings. The Morgan fingerprint density at radius 2 is 1.95 bits per heavy atom. The lowest BCUT2D eigenvalue weighted by Crippen LogP contribution is -2.15. The van der Waals surface area contributed by atoms with Gasteiger partial charge >= 0.3 is 0 Å². The molecule has 3 heteroatoms. The summed E-state index contributed by atoms with van der Waals surface area (Å²) >= 11 is 0. The summed E-state index contributed by atoms with van der Waals surface area (Å²) in [6, 6.07) is 11.0. The molecule has 2 N–H and O–H groups in total. The second-order valence-corrected chi connectivity index (χ2v) is 5.65. The molecular formula is C18H20FNO. The van der Waals surface area contributed by atoms with Crippen molar-refractivity contribution in [2.24, 2.45) is 5.73 Å². The predicted octanol–water partition coefficient (Wildman–Crippen LogP) is 3.57. The summed E-state index contributed by atoms with van der Waals surface area (Å²) in [5.74, 6) is 0.212. The lowest BCUT2D eigenvalue weighted by Gasteiger charge is -2.14. The first kappa shape index (κ1) is 14.1. The normalized spacial score (nSPS) is 14.8. The Kier molecular flexibility index (Phi) is 3.93. The Morgan fingerprint density at radius 1 is 1.14 bits per heavy atom. The van der Waals surface area contributed by atoms with E-state index in [4.69, 9.17) is 10.5 Å². The smallest absolute Gasteiger partial charge is 0.131 e. The fourth-order valence-electron chi connectivity index (χ4n) is 3.05. The van der Waals surface area contributed by atoms with E-state index in [2.05, 4.69) is 18.2 Å². The number of ether oxygens (including phenoxy) is 1. The van der Waals surface area contributed by atoms with Gasteiger partial charge < -0.3 is 10.5 Å². The van der Waals surface area contributed by atoms with Gasteiger partial charge in [0.15, 0.2) is 0 Å². The first-order valence-corrected chi connectivity index (χ1v) is 7.37. The summed E-state index contributed by atoms with van der Waals surface area (Å²) in [5, 5.41) is 0. The van der Waals surface area contributed by atoms with Crippen molar-refractivity contribution in [3.8, 4) is 5.75 Å². The summed E-state index contributed by atoms with van der Waals surface area (Å²) < 4.78 is 19.1. The third-order valence-electron chi connectivity index (χ3n) is 4.23. The Bertz CT molecular complexity index is 654. The highest BCUT2D eigenvalue weighted by atomic mass is 19.1. The lowest BCUT2D eigenvalue weighted by atomic mass is 9.97. The van der Waals surface area contributed by atoms with Crippen molar-refractivity contribution in [2.75, 3.05) is 7.11 Å². The number of nitrogens with two attached hydrogens (primary N) is 1. The average Bonchev–Trinajstić information content (AvgIpc) is 2.94. The average molecular weight is 285 g/mol. The summed E-state index contributed by atoms with van der Waals surface area (Å²) in [7, 11) is 1.53. The van der Waals surface area contributed by atoms with Crippen molar-refractivity contribution in [2.45, 2.75) is 31.7 Å². The molecule has 0 aromatic heterocycles. The van der Waals surface area contributed by atoms with Crippen molar-refractivity contribution >= 4 is 0 Å². The van der Waals surface area contributed by atoms with Gasteiger partial charge in [0.05, 0.1) is 7.11 Å². The van der Waals surface area contributed by atoms with Crippen LogP contribution in [0.1, 0.15) is 34.7 Å². The van der Waals surface area contributed by atoms with Crippen LogP contribution in [0.15, 0.2) is 36.4 Å². The lowest BCUT2D eigenvalue weighted by molar-refractivity contribution is 0.410. The molecule has 2 nitrogen and oxygen atoms in total. The molecule has 0 spiro atoms. The van der Waals surface area contributed by atoms with Crippen molar-refractivity contribution in [1.82, 2.24) is 0 Å². The molecule has 3 rings (SSSR count). The maximum atomic E-state index is 14.0. The van der Waals surface area contributed by atoms with Gasteiger partial charge in [0.2, 0.25) is 0 Å². The summed E-state index contributed by atoms with van der Waals surface area (Å²) in [5.41, 5.74) is 10.8. The molecule has 0 saturated carbocycles. The summed E-state index contributed by atoms with van der Waals surface area (Å²) in [6.45, 7) is 0. The maximum absolute atomic E-state index is 14.0. The first-order chi connectivity index (χ1) is 10.2. The van der Waals surface area contributed by atoms with E-state index < -0.39 is 0 Å². The highest BCUT2D eigenvalue weighted by Gasteiger charge is 2.15. The number of fused-ring (bicyclic) bond motifs is 1. The van der Waals surface area contributed by atoms with Crippen LogP contribution in [0.5, 0.6) is 5.75 Å². The minimum Gasteiger partial charge on any atom is -0.497 e. The molecule has 2 aromatic carbocycles. The van der Waals surface area contributed by atoms with Gasteiger partial charge in [-0.05, 0) is 48.4 Å². The SMILES string of the molecule is COc1ccc(C(N)Cc2ccc3c(c2)CCC3)c(F)c1. The molecule has 21 heavy (non-hydrogen) atoms. The molecule has 0 bridgehead atoms. The number of methoxy groups -OCH3 is 1. The third-order valence-corrected chi connectivity index (χ3v) is 4.23. The van der Waals surface area contributed by atoms with Gasteiger partial charge in [0.1, 0.15) is 11.6 Å². The molecule has 110 valence electrons. The summed E-state index contributed by atoms with van der Waals surface area (Å²) in [4.78, 5) is 0. The monoisotopic (exact) mass is 285 g/mol. The van der Waals surface area contributed by atoms with E-state index in [1.165, 1.54) is 42.7 Å². The van der Waals surface area contributed by atoms with E-state index in [1.807, 2.05) is 0 Å². The molecule has 0 heterocycles. The van der Waals surface area contributed by atoms with Crippen LogP contribution in [0.4, 0.5) is 4.39 Å². The number of halogens is 1. The Morgan fingerprint density at radius 3 is 2.71 bits per heavy atom. The van der Waals surface area contributed by atoms with E-state index in [-0.39, 0.29) is 11.9 Å². The highest BCUT2D eigenvalue weighted by Crippen LogP contribution is 2.26. The maximum Gasteiger partial charge on any atom is 0.131 e. The minimum absolute atomic E-state index is 0.303. The molecule has 0 radical (unpaired) electrons. The molecule has 0 aliphatic heterocycles. The number of benzene rings is 2. The fourth-order valence-corrected chi connectivity index (χ4v) is 3.05. The number of hydrogen-bond donors (Lipinski definition) is 1.